The molecule has 4 nitrogen and oxygen atoms in total. The van der Waals surface area contributed by atoms with Crippen molar-refractivity contribution in [3.05, 3.63) is 52.5 Å². The first-order chi connectivity index (χ1) is 11.0. The molecule has 0 aliphatic heterocycles. The molecule has 0 bridgehead atoms. The molecule has 2 aromatic rings. The van der Waals surface area contributed by atoms with Crippen LogP contribution in [0.25, 0.3) is 0 Å². The van der Waals surface area contributed by atoms with Gasteiger partial charge in [-0.25, -0.2) is 0 Å². The molecule has 2 aromatic carbocycles. The first kappa shape index (κ1) is 17.0. The standard InChI is InChI=1S/C16H15ClF2N2O2/c1-10-5-3-4-6-13(10)21-20-9-11-7-12(17)15(23-16(18)19)14(8-11)22-2/h3-9,16,21H,1-2H3/b20-9-. The van der Waals surface area contributed by atoms with Gasteiger partial charge in [-0.15, -0.1) is 0 Å². The van der Waals surface area contributed by atoms with Gasteiger partial charge < -0.3 is 9.47 Å². The number of benzene rings is 2. The number of hydrogen-bond acceptors (Lipinski definition) is 4. The molecule has 0 saturated heterocycles. The lowest BCUT2D eigenvalue weighted by atomic mass is 10.2. The highest BCUT2D eigenvalue weighted by Crippen LogP contribution is 2.37. The van der Waals surface area contributed by atoms with Gasteiger partial charge in [-0.2, -0.15) is 13.9 Å². The highest BCUT2D eigenvalue weighted by atomic mass is 35.5. The number of hydrazone groups is 1. The summed E-state index contributed by atoms with van der Waals surface area (Å²) in [7, 11) is 1.34. The van der Waals surface area contributed by atoms with Gasteiger partial charge in [-0.05, 0) is 36.2 Å². The Labute approximate surface area is 137 Å². The molecular formula is C16H15ClF2N2O2. The molecule has 0 aliphatic carbocycles. The van der Waals surface area contributed by atoms with Crippen LogP contribution < -0.4 is 14.9 Å². The molecule has 0 heterocycles. The van der Waals surface area contributed by atoms with Crippen molar-refractivity contribution in [2.75, 3.05) is 12.5 Å². The zero-order valence-electron chi connectivity index (χ0n) is 12.5. The second kappa shape index (κ2) is 7.78. The van der Waals surface area contributed by atoms with E-state index in [9.17, 15) is 8.78 Å². The zero-order valence-corrected chi connectivity index (χ0v) is 13.3. The Hall–Kier alpha value is -2.34. The molecule has 122 valence electrons. The van der Waals surface area contributed by atoms with E-state index in [0.717, 1.165) is 11.3 Å². The molecule has 0 fully saturated rings. The lowest BCUT2D eigenvalue weighted by Gasteiger charge is -2.12. The van der Waals surface area contributed by atoms with E-state index in [2.05, 4.69) is 15.3 Å². The SMILES string of the molecule is COc1cc(/C=N\Nc2ccccc2C)cc(Cl)c1OC(F)F. The number of ether oxygens (including phenoxy) is 2. The van der Waals surface area contributed by atoms with E-state index < -0.39 is 6.61 Å². The van der Waals surface area contributed by atoms with Crippen LogP contribution in [-0.2, 0) is 0 Å². The molecule has 0 unspecified atom stereocenters. The number of hydrogen-bond donors (Lipinski definition) is 1. The van der Waals surface area contributed by atoms with Crippen molar-refractivity contribution in [3.8, 4) is 11.5 Å². The minimum Gasteiger partial charge on any atom is -0.493 e. The van der Waals surface area contributed by atoms with Gasteiger partial charge in [0.15, 0.2) is 11.5 Å². The number of aryl methyl sites for hydroxylation is 1. The predicted octanol–water partition coefficient (Wildman–Crippen LogP) is 4.70. The number of nitrogens with zero attached hydrogens (tertiary/aromatic N) is 1. The number of halogens is 3. The van der Waals surface area contributed by atoms with Gasteiger partial charge in [0.2, 0.25) is 0 Å². The molecule has 0 saturated carbocycles. The van der Waals surface area contributed by atoms with Crippen molar-refractivity contribution in [2.24, 2.45) is 5.10 Å². The van der Waals surface area contributed by atoms with Gasteiger partial charge in [0.25, 0.3) is 0 Å². The van der Waals surface area contributed by atoms with Crippen LogP contribution in [0.15, 0.2) is 41.5 Å². The summed E-state index contributed by atoms with van der Waals surface area (Å²) in [6.45, 7) is -1.03. The summed E-state index contributed by atoms with van der Waals surface area (Å²) in [5, 5.41) is 4.12. The normalized spacial score (nSPS) is 11.0. The van der Waals surface area contributed by atoms with E-state index in [4.69, 9.17) is 16.3 Å². The maximum absolute atomic E-state index is 12.4. The van der Waals surface area contributed by atoms with Gasteiger partial charge in [-0.3, -0.25) is 5.43 Å². The maximum Gasteiger partial charge on any atom is 0.387 e. The fraction of sp³-hybridized carbons (Fsp3) is 0.188. The van der Waals surface area contributed by atoms with Gasteiger partial charge in [0.1, 0.15) is 0 Å². The quantitative estimate of drug-likeness (QED) is 0.612. The van der Waals surface area contributed by atoms with Crippen LogP contribution in [0.1, 0.15) is 11.1 Å². The monoisotopic (exact) mass is 340 g/mol. The summed E-state index contributed by atoms with van der Waals surface area (Å²) < 4.78 is 34.1. The highest BCUT2D eigenvalue weighted by Gasteiger charge is 2.15. The van der Waals surface area contributed by atoms with Gasteiger partial charge in [0, 0.05) is 0 Å². The Balaban J connectivity index is 2.19. The van der Waals surface area contributed by atoms with Gasteiger partial charge >= 0.3 is 6.61 Å². The minimum absolute atomic E-state index is 0.0157. The summed E-state index contributed by atoms with van der Waals surface area (Å²) in [6.07, 6.45) is 1.51. The number of rotatable bonds is 6. The average Bonchev–Trinajstić information content (AvgIpc) is 2.51. The van der Waals surface area contributed by atoms with Crippen LogP contribution in [0.5, 0.6) is 11.5 Å². The smallest absolute Gasteiger partial charge is 0.387 e. The molecule has 0 atom stereocenters. The molecule has 0 aliphatic rings. The molecule has 0 spiro atoms. The molecule has 0 aromatic heterocycles. The third kappa shape index (κ3) is 4.56. The second-order valence-corrected chi connectivity index (χ2v) is 5.00. The van der Waals surface area contributed by atoms with Crippen molar-refractivity contribution in [1.29, 1.82) is 0 Å². The van der Waals surface area contributed by atoms with Crippen molar-refractivity contribution in [1.82, 2.24) is 0 Å². The number of methoxy groups -OCH3 is 1. The fourth-order valence-corrected chi connectivity index (χ4v) is 2.16. The van der Waals surface area contributed by atoms with Crippen LogP contribution >= 0.6 is 11.6 Å². The number of nitrogens with one attached hydrogen (secondary N) is 1. The Morgan fingerprint density at radius 3 is 2.65 bits per heavy atom. The summed E-state index contributed by atoms with van der Waals surface area (Å²) >= 11 is 5.96. The highest BCUT2D eigenvalue weighted by molar-refractivity contribution is 6.32. The van der Waals surface area contributed by atoms with Crippen molar-refractivity contribution in [2.45, 2.75) is 13.5 Å². The fourth-order valence-electron chi connectivity index (χ4n) is 1.89. The molecule has 23 heavy (non-hydrogen) atoms. The maximum atomic E-state index is 12.4. The summed E-state index contributed by atoms with van der Waals surface area (Å²) in [5.41, 5.74) is 5.38. The zero-order chi connectivity index (χ0) is 16.8. The van der Waals surface area contributed by atoms with Crippen LogP contribution in [-0.4, -0.2) is 19.9 Å². The number of anilines is 1. The minimum atomic E-state index is -2.98. The molecule has 0 radical (unpaired) electrons. The van der Waals surface area contributed by atoms with Crippen LogP contribution in [0, 0.1) is 6.92 Å². The second-order valence-electron chi connectivity index (χ2n) is 4.60. The molecule has 2 rings (SSSR count). The average molecular weight is 341 g/mol. The van der Waals surface area contributed by atoms with E-state index in [1.165, 1.54) is 25.5 Å². The van der Waals surface area contributed by atoms with Gasteiger partial charge in [-0.1, -0.05) is 29.8 Å². The van der Waals surface area contributed by atoms with Crippen LogP contribution in [0.4, 0.5) is 14.5 Å². The van der Waals surface area contributed by atoms with Crippen molar-refractivity contribution in [3.63, 3.8) is 0 Å². The summed E-state index contributed by atoms with van der Waals surface area (Å²) in [4.78, 5) is 0. The van der Waals surface area contributed by atoms with Gasteiger partial charge in [0.05, 0.1) is 24.0 Å². The molecule has 0 amide bonds. The van der Waals surface area contributed by atoms with E-state index in [0.29, 0.717) is 5.56 Å². The predicted molar refractivity (Wildman–Crippen MR) is 87.0 cm³/mol. The molecule has 7 heteroatoms. The Morgan fingerprint density at radius 1 is 1.26 bits per heavy atom. The largest absolute Gasteiger partial charge is 0.493 e. The number of para-hydroxylation sites is 1. The van der Waals surface area contributed by atoms with E-state index in [1.54, 1.807) is 0 Å². The molecule has 1 N–H and O–H groups in total. The third-order valence-electron chi connectivity index (χ3n) is 3.00. The van der Waals surface area contributed by atoms with Crippen LogP contribution in [0.3, 0.4) is 0 Å². The first-order valence-electron chi connectivity index (χ1n) is 6.68. The lowest BCUT2D eigenvalue weighted by molar-refractivity contribution is -0.0511. The Kier molecular flexibility index (Phi) is 5.76. The Bertz CT molecular complexity index is 708. The van der Waals surface area contributed by atoms with Crippen molar-refractivity contribution < 1.29 is 18.3 Å². The number of alkyl halides is 2. The Morgan fingerprint density at radius 2 is 2.00 bits per heavy atom. The lowest BCUT2D eigenvalue weighted by Crippen LogP contribution is -2.04. The van der Waals surface area contributed by atoms with Crippen molar-refractivity contribution >= 4 is 23.5 Å². The topological polar surface area (TPSA) is 42.8 Å². The van der Waals surface area contributed by atoms with Crippen LogP contribution in [0.2, 0.25) is 5.02 Å². The first-order valence-corrected chi connectivity index (χ1v) is 7.06. The summed E-state index contributed by atoms with van der Waals surface area (Å²) in [5.74, 6) is -0.0941. The third-order valence-corrected chi connectivity index (χ3v) is 3.28. The molecular weight excluding hydrogens is 326 g/mol. The summed E-state index contributed by atoms with van der Waals surface area (Å²) in [6, 6.07) is 10.6. The van der Waals surface area contributed by atoms with E-state index >= 15 is 0 Å². The van der Waals surface area contributed by atoms with E-state index in [1.807, 2.05) is 31.2 Å². The van der Waals surface area contributed by atoms with E-state index in [-0.39, 0.29) is 16.5 Å².